The van der Waals surface area contributed by atoms with Gasteiger partial charge in [0.25, 0.3) is 0 Å². The number of likely N-dealkylation sites (N-methyl/N-ethyl adjacent to an activating group) is 4. The first-order chi connectivity index (χ1) is 64.0. The van der Waals surface area contributed by atoms with Crippen molar-refractivity contribution in [2.75, 3.05) is 156 Å². The molecular weight excluding hydrogens is 1770 g/mol. The summed E-state index contributed by atoms with van der Waals surface area (Å²) in [5.41, 5.74) is 41.3. The fraction of sp³-hybridized carbons (Fsp3) is 0.722. The molecule has 0 aromatic heterocycles. The molecule has 6 aliphatic rings. The number of nitrogens with one attached hydrogen (secondary N) is 14. The Morgan fingerprint density at radius 3 is 0.905 bits per heavy atom. The van der Waals surface area contributed by atoms with Gasteiger partial charge >= 0.3 is 5.97 Å². The largest absolute Gasteiger partial charge is 0.508 e. The first-order valence-electron chi connectivity index (χ1n) is 46.4. The Kier molecular flexibility index (Phi) is 64.7. The highest BCUT2D eigenvalue weighted by molar-refractivity contribution is 5.96. The number of nitrogens with two attached hydrogens (primary N) is 7. The average Bonchev–Trinajstić information content (AvgIpc) is 0.798. The highest BCUT2D eigenvalue weighted by Gasteiger charge is 2.43. The van der Waals surface area contributed by atoms with Gasteiger partial charge in [-0.05, 0) is 136 Å². The minimum atomic E-state index is -1.01. The highest BCUT2D eigenvalue weighted by atomic mass is 16.4. The van der Waals surface area contributed by atoms with E-state index in [1.807, 2.05) is 77.4 Å². The van der Waals surface area contributed by atoms with Crippen LogP contribution in [0.5, 0.6) is 5.75 Å². The van der Waals surface area contributed by atoms with Gasteiger partial charge in [0.15, 0.2) is 70.5 Å². The zero-order valence-electron chi connectivity index (χ0n) is 83.2. The Morgan fingerprint density at radius 1 is 0.394 bits per heavy atom. The Bertz CT molecular complexity index is 3880. The summed E-state index contributed by atoms with van der Waals surface area (Å²) in [6.07, 6.45) is 11.1. The fourth-order valence-corrected chi connectivity index (χ4v) is 14.9. The molecule has 782 valence electrons. The third-order valence-electron chi connectivity index (χ3n) is 23.0. The molecule has 137 heavy (non-hydrogen) atoms. The van der Waals surface area contributed by atoms with Crippen molar-refractivity contribution in [3.63, 3.8) is 0 Å². The van der Waals surface area contributed by atoms with E-state index in [1.165, 1.54) is 7.05 Å². The quantitative estimate of drug-likeness (QED) is 0.0169. The van der Waals surface area contributed by atoms with Crippen LogP contribution in [-0.4, -0.2) is 381 Å². The van der Waals surface area contributed by atoms with E-state index in [0.717, 1.165) is 56.9 Å². The molecule has 0 aliphatic carbocycles. The van der Waals surface area contributed by atoms with Gasteiger partial charge in [0.2, 0.25) is 35.4 Å². The van der Waals surface area contributed by atoms with Crippen LogP contribution in [0.1, 0.15) is 185 Å². The summed E-state index contributed by atoms with van der Waals surface area (Å²) in [7, 11) is 18.6. The number of piperazine rings is 6. The summed E-state index contributed by atoms with van der Waals surface area (Å²) < 4.78 is 0. The van der Waals surface area contributed by atoms with Crippen molar-refractivity contribution in [2.45, 2.75) is 264 Å². The van der Waals surface area contributed by atoms with Crippen molar-refractivity contribution >= 4 is 112 Å². The molecule has 30 N–H and O–H groups in total. The van der Waals surface area contributed by atoms with Crippen LogP contribution in [0.25, 0.3) is 0 Å². The Hall–Kier alpha value is -11.4. The van der Waals surface area contributed by atoms with Gasteiger partial charge in [0.1, 0.15) is 42.0 Å². The number of hydrogen-bond donors (Lipinski definition) is 23. The number of ketones is 6. The van der Waals surface area contributed by atoms with Crippen LogP contribution in [0.2, 0.25) is 0 Å². The molecule has 0 saturated carbocycles. The maximum Gasteiger partial charge on any atom is 0.327 e. The number of carboxylic acid groups (broad SMARTS) is 1. The van der Waals surface area contributed by atoms with Gasteiger partial charge in [-0.25, -0.2) is 15.2 Å². The summed E-state index contributed by atoms with van der Waals surface area (Å²) in [6.45, 7) is 21.3. The predicted octanol–water partition coefficient (Wildman–Crippen LogP) is -4.11. The zero-order valence-corrected chi connectivity index (χ0v) is 83.2. The summed E-state index contributed by atoms with van der Waals surface area (Å²) in [5, 5.41) is 57.6. The number of carbonyl (C=O) groups is 13. The second-order valence-electron chi connectivity index (χ2n) is 34.0. The number of hydrogen-bond acceptors (Lipinski definition) is 28. The van der Waals surface area contributed by atoms with Gasteiger partial charge in [0.05, 0.1) is 42.3 Å². The van der Waals surface area contributed by atoms with Crippen LogP contribution in [0, 0.1) is 5.41 Å². The molecule has 0 spiro atoms. The molecule has 6 saturated heterocycles. The minimum Gasteiger partial charge on any atom is -0.508 e. The molecule has 7 rings (SSSR count). The molecule has 12 unspecified atom stereocenters. The number of carbonyl (C=O) groups excluding carboxylic acids is 12. The number of rotatable bonds is 40. The second-order valence-corrected chi connectivity index (χ2v) is 34.0. The number of phenols is 1. The lowest BCUT2D eigenvalue weighted by Crippen LogP contribution is -2.68. The Labute approximate surface area is 811 Å². The first kappa shape index (κ1) is 128. The Balaban J connectivity index is 0. The number of amides is 6. The van der Waals surface area contributed by atoms with Gasteiger partial charge in [-0.3, -0.25) is 107 Å². The molecule has 1 aromatic carbocycles. The van der Waals surface area contributed by atoms with Crippen LogP contribution in [0.4, 0.5) is 0 Å². The highest BCUT2D eigenvalue weighted by Crippen LogP contribution is 2.24. The van der Waals surface area contributed by atoms with Crippen molar-refractivity contribution in [2.24, 2.45) is 75.5 Å². The van der Waals surface area contributed by atoms with Crippen molar-refractivity contribution in [3.05, 3.63) is 29.8 Å². The molecular formula is C90H172N32O15. The standard InChI is InChI=1S/C25H40N6O4.3C13H25N5O2.C12H23N5O2.C11H21N5O3.CH5N.2CH4/c1-6-21(33)19-15-31(20(23(35)29-19)8-7-13-28-24(26)27-5)30-18(22(34)25(2,3)4)14-16-9-11-17(32)12-10-16;3*1-4-11(19)9-8-18(3)10(12(20)17-9)6-5-7-16-13(14)15-2;1-3-10(18)9-7-16-8(11(19)17-9)5-4-6-15-12(13)14-2;1-13-11(12)14-5-3-4-8-9(17)15-7(10(18)19)6-16(8)2;1-2;;/h9-12,18-20,30,32H,6-8,13-15H2,1-5H3,(H,29,35)(H3,26,27,28);3*9-10H,4-8H2,1-3H3,(H,17,20)(H3,14,15,16);8-9,16H,3-7H2,1-2H3,(H,17,19)(H3,13,14,15);7-8H,3-6H2,1-2H3,(H,15,17)(H,18,19)(H3,12,13,14);2H2,1H3;2*1H4/t18-,19?,20?;;;;;;;;/m0......../s1. The van der Waals surface area contributed by atoms with Crippen LogP contribution in [0.3, 0.4) is 0 Å². The molecule has 13 atom stereocenters. The van der Waals surface area contributed by atoms with Crippen LogP contribution < -0.4 is 115 Å². The average molecular weight is 1940 g/mol. The van der Waals surface area contributed by atoms with Crippen molar-refractivity contribution < 1.29 is 72.5 Å². The molecule has 6 amide bonds. The first-order valence-corrected chi connectivity index (χ1v) is 46.4. The molecule has 1 aromatic rings. The smallest absolute Gasteiger partial charge is 0.327 e. The summed E-state index contributed by atoms with van der Waals surface area (Å²) in [4.78, 5) is 186. The number of benzene rings is 1. The lowest BCUT2D eigenvalue weighted by molar-refractivity contribution is -0.146. The van der Waals surface area contributed by atoms with Gasteiger partial charge in [0, 0.05) is 158 Å². The summed E-state index contributed by atoms with van der Waals surface area (Å²) in [6, 6.07) is 1.51. The number of aromatic hydroxyl groups is 1. The SMILES string of the molecule is C.C.CCC(=O)C1CN(C)C(CCCNC(N)=NC)C(=O)N1.CCC(=O)C1CN(C)C(CCCNC(N)=NC)C(=O)N1.CCC(=O)C1CN(C)C(CCCNC(N)=NC)C(=O)N1.CCC(=O)C1CN(N[C@@H](Cc2ccc(O)cc2)C(=O)C(C)(C)C)C(CCCNC(N)=NC)C(=O)N1.CCC(=O)C1CNC(CCCNC(N)=NC)C(=O)N1.CN.CN=C(N)NCCCC1C(=O)NC(C(=O)O)CN1C. The number of hydrazine groups is 1. The van der Waals surface area contributed by atoms with Crippen LogP contribution >= 0.6 is 0 Å². The van der Waals surface area contributed by atoms with Gasteiger partial charge in [-0.15, -0.1) is 0 Å². The molecule has 6 fully saturated rings. The number of guanidine groups is 6. The normalized spacial score (nSPS) is 22.7. The van der Waals surface area contributed by atoms with Gasteiger partial charge in [-0.2, -0.15) is 0 Å². The second kappa shape index (κ2) is 69.4. The molecule has 6 aliphatic heterocycles. The van der Waals surface area contributed by atoms with Crippen LogP contribution in [0.15, 0.2) is 54.2 Å². The zero-order chi connectivity index (χ0) is 102. The number of phenolic OH excluding ortho intramolecular Hbond substituents is 1. The van der Waals surface area contributed by atoms with E-state index in [4.69, 9.17) is 39.5 Å². The molecule has 47 heteroatoms. The number of Topliss-reactive ketones (excluding diaryl/α,β-unsaturated/α-hetero) is 6. The number of carboxylic acids is 1. The van der Waals surface area contributed by atoms with E-state index in [2.05, 4.69) is 110 Å². The lowest BCUT2D eigenvalue weighted by Gasteiger charge is -2.41. The van der Waals surface area contributed by atoms with Gasteiger partial charge < -0.3 is 119 Å². The number of aliphatic imine (C=N–C) groups is 6. The van der Waals surface area contributed by atoms with E-state index in [9.17, 15) is 67.4 Å². The Morgan fingerprint density at radius 2 is 0.642 bits per heavy atom. The maximum absolute atomic E-state index is 13.4. The minimum absolute atomic E-state index is 0. The number of aliphatic carboxylic acids is 1. The van der Waals surface area contributed by atoms with Crippen molar-refractivity contribution in [3.8, 4) is 5.75 Å². The van der Waals surface area contributed by atoms with Crippen molar-refractivity contribution in [1.29, 1.82) is 0 Å². The fourth-order valence-electron chi connectivity index (χ4n) is 14.9. The maximum atomic E-state index is 13.4. The summed E-state index contributed by atoms with van der Waals surface area (Å²) >= 11 is 0. The summed E-state index contributed by atoms with van der Waals surface area (Å²) in [5.74, 6) is 0.884. The molecule has 47 nitrogen and oxygen atoms in total. The topological polar surface area (TPSA) is 703 Å². The van der Waals surface area contributed by atoms with Crippen molar-refractivity contribution in [1.82, 2.24) is 99.2 Å². The van der Waals surface area contributed by atoms with Gasteiger partial charge in [-0.1, -0.05) is 82.4 Å². The van der Waals surface area contributed by atoms with E-state index in [-0.39, 0.29) is 152 Å². The molecule has 6 heterocycles. The molecule has 0 radical (unpaired) electrons. The predicted molar refractivity (Wildman–Crippen MR) is 539 cm³/mol. The monoisotopic (exact) mass is 1940 g/mol. The lowest BCUT2D eigenvalue weighted by atomic mass is 9.84. The van der Waals surface area contributed by atoms with E-state index < -0.39 is 35.6 Å². The molecule has 0 bridgehead atoms. The van der Waals surface area contributed by atoms with E-state index in [0.29, 0.717) is 172 Å². The third-order valence-corrected chi connectivity index (χ3v) is 23.0. The van der Waals surface area contributed by atoms with E-state index in [1.54, 1.807) is 97.4 Å². The number of nitrogens with zero attached hydrogens (tertiary/aromatic N) is 11. The van der Waals surface area contributed by atoms with Crippen LogP contribution in [-0.2, 0) is 68.7 Å². The third kappa shape index (κ3) is 48.0. The van der Waals surface area contributed by atoms with E-state index >= 15 is 0 Å².